The summed E-state index contributed by atoms with van der Waals surface area (Å²) in [7, 11) is 0. The monoisotopic (exact) mass is 422 g/mol. The van der Waals surface area contributed by atoms with Gasteiger partial charge >= 0.3 is 17.9 Å². The molecule has 2 N–H and O–H groups in total. The first-order chi connectivity index (χ1) is 14.0. The highest BCUT2D eigenvalue weighted by molar-refractivity contribution is 5.96. The van der Waals surface area contributed by atoms with Gasteiger partial charge in [0.15, 0.2) is 5.79 Å². The zero-order valence-electron chi connectivity index (χ0n) is 17.2. The topological polar surface area (TPSA) is 129 Å². The van der Waals surface area contributed by atoms with Crippen molar-refractivity contribution in [3.63, 3.8) is 0 Å². The maximum atomic E-state index is 12.5. The van der Waals surface area contributed by atoms with Gasteiger partial charge in [0.25, 0.3) is 0 Å². The molecule has 0 aromatic heterocycles. The predicted octanol–water partition coefficient (Wildman–Crippen LogP) is 1.04. The summed E-state index contributed by atoms with van der Waals surface area (Å²) in [6, 6.07) is 0. The largest absolute Gasteiger partial charge is 0.461 e. The lowest BCUT2D eigenvalue weighted by Gasteiger charge is -2.33. The van der Waals surface area contributed by atoms with Gasteiger partial charge in [-0.15, -0.1) is 0 Å². The lowest BCUT2D eigenvalue weighted by Crippen LogP contribution is -2.40. The summed E-state index contributed by atoms with van der Waals surface area (Å²) in [5.41, 5.74) is -0.768. The minimum Gasteiger partial charge on any atom is -0.461 e. The lowest BCUT2D eigenvalue weighted by molar-refractivity contribution is -0.238. The van der Waals surface area contributed by atoms with Crippen molar-refractivity contribution in [2.24, 2.45) is 5.92 Å². The van der Waals surface area contributed by atoms with E-state index in [0.29, 0.717) is 12.8 Å². The zero-order valence-corrected chi connectivity index (χ0v) is 17.2. The summed E-state index contributed by atoms with van der Waals surface area (Å²) in [5.74, 6) is -3.96. The van der Waals surface area contributed by atoms with Gasteiger partial charge in [-0.25, -0.2) is 9.59 Å². The van der Waals surface area contributed by atoms with Crippen LogP contribution >= 0.6 is 0 Å². The van der Waals surface area contributed by atoms with Crippen molar-refractivity contribution in [1.82, 2.24) is 0 Å². The normalized spacial score (nSPS) is 33.0. The van der Waals surface area contributed by atoms with Gasteiger partial charge < -0.3 is 29.2 Å². The third-order valence-electron chi connectivity index (χ3n) is 5.67. The summed E-state index contributed by atoms with van der Waals surface area (Å²) in [6.45, 7) is 7.24. The predicted molar refractivity (Wildman–Crippen MR) is 101 cm³/mol. The van der Waals surface area contributed by atoms with E-state index in [-0.39, 0.29) is 35.5 Å². The molecule has 3 aliphatic heterocycles. The van der Waals surface area contributed by atoms with E-state index in [2.05, 4.69) is 6.58 Å². The van der Waals surface area contributed by atoms with E-state index >= 15 is 0 Å². The quantitative estimate of drug-likeness (QED) is 0.379. The summed E-state index contributed by atoms with van der Waals surface area (Å²) >= 11 is 0. The molecule has 3 aliphatic rings. The van der Waals surface area contributed by atoms with E-state index in [0.717, 1.165) is 0 Å². The van der Waals surface area contributed by atoms with Crippen molar-refractivity contribution < 1.29 is 43.5 Å². The Morgan fingerprint density at radius 2 is 2.07 bits per heavy atom. The van der Waals surface area contributed by atoms with Gasteiger partial charge in [-0.3, -0.25) is 4.79 Å². The second-order valence-electron chi connectivity index (χ2n) is 8.12. The molecule has 0 spiro atoms. The van der Waals surface area contributed by atoms with Crippen LogP contribution in [0.4, 0.5) is 0 Å². The van der Waals surface area contributed by atoms with Gasteiger partial charge in [0.2, 0.25) is 0 Å². The Kier molecular flexibility index (Phi) is 5.90. The molecule has 4 atom stereocenters. The van der Waals surface area contributed by atoms with Crippen LogP contribution in [0.3, 0.4) is 0 Å². The van der Waals surface area contributed by atoms with Crippen LogP contribution in [0.5, 0.6) is 0 Å². The summed E-state index contributed by atoms with van der Waals surface area (Å²) in [6.07, 6.45) is 1.51. The van der Waals surface area contributed by atoms with Crippen LogP contribution in [0.2, 0.25) is 0 Å². The van der Waals surface area contributed by atoms with Crippen LogP contribution in [-0.4, -0.2) is 58.8 Å². The summed E-state index contributed by atoms with van der Waals surface area (Å²) < 4.78 is 21.9. The molecule has 0 aromatic carbocycles. The molecule has 1 fully saturated rings. The third-order valence-corrected chi connectivity index (χ3v) is 5.67. The molecule has 1 saturated heterocycles. The second-order valence-corrected chi connectivity index (χ2v) is 8.12. The van der Waals surface area contributed by atoms with E-state index < -0.39 is 47.9 Å². The van der Waals surface area contributed by atoms with E-state index in [1.165, 1.54) is 6.92 Å². The van der Waals surface area contributed by atoms with Crippen LogP contribution < -0.4 is 0 Å². The highest BCUT2D eigenvalue weighted by atomic mass is 16.6. The van der Waals surface area contributed by atoms with Crippen LogP contribution in [0.15, 0.2) is 35.1 Å². The van der Waals surface area contributed by atoms with Crippen molar-refractivity contribution >= 4 is 17.9 Å². The standard InChI is InChI=1S/C21H26O9/c1-11(9-22)18(24)28-15-7-12(2)21(26)6-5-20(4,30-21)8-16-17(15)14(19(25)29-16)10-27-13(3)23/h8,12,15,22,26H,1,5-7,9-10H2,2-4H3. The number of fused-ring (bicyclic) bond motifs is 3. The van der Waals surface area contributed by atoms with Crippen molar-refractivity contribution in [3.8, 4) is 0 Å². The first-order valence-electron chi connectivity index (χ1n) is 9.72. The van der Waals surface area contributed by atoms with Crippen LogP contribution in [0.25, 0.3) is 0 Å². The number of esters is 3. The maximum Gasteiger partial charge on any atom is 0.343 e. The number of ether oxygens (including phenoxy) is 4. The Balaban J connectivity index is 2.10. The molecule has 0 radical (unpaired) electrons. The van der Waals surface area contributed by atoms with E-state index in [1.807, 2.05) is 0 Å². The average Bonchev–Trinajstić information content (AvgIpc) is 3.14. The molecular weight excluding hydrogens is 396 g/mol. The molecule has 2 bridgehead atoms. The minimum atomic E-state index is -1.45. The molecule has 0 amide bonds. The van der Waals surface area contributed by atoms with Gasteiger partial charge in [0.05, 0.1) is 23.4 Å². The Hall–Kier alpha value is -2.49. The van der Waals surface area contributed by atoms with Gasteiger partial charge in [0.1, 0.15) is 18.5 Å². The van der Waals surface area contributed by atoms with Crippen molar-refractivity contribution in [2.75, 3.05) is 13.2 Å². The zero-order chi connectivity index (χ0) is 22.3. The minimum absolute atomic E-state index is 0.0458. The molecule has 0 aromatic rings. The number of carbonyl (C=O) groups is 3. The molecule has 9 nitrogen and oxygen atoms in total. The molecule has 0 saturated carbocycles. The summed E-state index contributed by atoms with van der Waals surface area (Å²) in [4.78, 5) is 36.2. The van der Waals surface area contributed by atoms with Crippen molar-refractivity contribution in [1.29, 1.82) is 0 Å². The first kappa shape index (κ1) is 22.2. The van der Waals surface area contributed by atoms with Gasteiger partial charge in [-0.05, 0) is 25.8 Å². The number of aliphatic hydroxyl groups excluding tert-OH is 1. The smallest absolute Gasteiger partial charge is 0.343 e. The lowest BCUT2D eigenvalue weighted by atomic mass is 9.86. The SMILES string of the molecule is C=C(CO)C(=O)OC1CC(C)C2(O)CCC(C)(C=C3OC(=O)C(COC(C)=O)=C31)O2. The highest BCUT2D eigenvalue weighted by Gasteiger charge is 2.52. The number of hydrogen-bond donors (Lipinski definition) is 2. The molecule has 4 unspecified atom stereocenters. The third kappa shape index (κ3) is 4.19. The van der Waals surface area contributed by atoms with E-state index in [9.17, 15) is 24.6 Å². The first-order valence-corrected chi connectivity index (χ1v) is 9.72. The van der Waals surface area contributed by atoms with Crippen LogP contribution in [0, 0.1) is 5.92 Å². The number of hydrogen-bond acceptors (Lipinski definition) is 9. The number of aliphatic hydroxyl groups is 2. The summed E-state index contributed by atoms with van der Waals surface area (Å²) in [5, 5.41) is 20.2. The van der Waals surface area contributed by atoms with Gasteiger partial charge in [-0.1, -0.05) is 13.5 Å². The Morgan fingerprint density at radius 1 is 1.37 bits per heavy atom. The van der Waals surface area contributed by atoms with E-state index in [4.69, 9.17) is 18.9 Å². The van der Waals surface area contributed by atoms with Crippen molar-refractivity contribution in [2.45, 2.75) is 57.5 Å². The van der Waals surface area contributed by atoms with Crippen LogP contribution in [0.1, 0.15) is 40.0 Å². The molecule has 0 aliphatic carbocycles. The molecule has 3 rings (SSSR count). The Morgan fingerprint density at radius 3 is 2.70 bits per heavy atom. The highest BCUT2D eigenvalue weighted by Crippen LogP contribution is 2.47. The van der Waals surface area contributed by atoms with Gasteiger partial charge in [-0.2, -0.15) is 0 Å². The van der Waals surface area contributed by atoms with Crippen molar-refractivity contribution in [3.05, 3.63) is 35.1 Å². The Bertz CT molecular complexity index is 855. The van der Waals surface area contributed by atoms with E-state index in [1.54, 1.807) is 19.9 Å². The molecule has 164 valence electrons. The number of rotatable bonds is 5. The molecule has 3 heterocycles. The van der Waals surface area contributed by atoms with Gasteiger partial charge in [0, 0.05) is 24.8 Å². The molecule has 9 heteroatoms. The fourth-order valence-corrected chi connectivity index (χ4v) is 3.91. The second kappa shape index (κ2) is 7.98. The maximum absolute atomic E-state index is 12.5. The average molecular weight is 422 g/mol. The molecular formula is C21H26O9. The fourth-order valence-electron chi connectivity index (χ4n) is 3.91. The Labute approximate surface area is 173 Å². The fraction of sp³-hybridized carbons (Fsp3) is 0.571. The number of carbonyl (C=O) groups excluding carboxylic acids is 3. The molecule has 30 heavy (non-hydrogen) atoms. The van der Waals surface area contributed by atoms with Crippen LogP contribution in [-0.2, 0) is 33.3 Å².